The fraction of sp³-hybridized carbons (Fsp3) is 0.467. The second kappa shape index (κ2) is 23.2. The summed E-state index contributed by atoms with van der Waals surface area (Å²) in [6.07, 6.45) is 21.2. The molecule has 2 radical (unpaired) electrons. The predicted octanol–water partition coefficient (Wildman–Crippen LogP) is 16.9. The quantitative estimate of drug-likeness (QED) is 0.105. The molecule has 4 heteroatoms. The van der Waals surface area contributed by atoms with Gasteiger partial charge in [0.25, 0.3) is 0 Å². The van der Waals surface area contributed by atoms with Crippen LogP contribution >= 0.6 is 24.8 Å². The standard InChI is InChI=1S/2C28H31.C3H7.CH3.2ClH.Si.Zr/c2*1-2-18-6-8-22(9-7-18)26-5-3-4-23-11-21(17-28(23)26)16-27-24-12-19-10-20(14-24)15-25(27)13-19;1-3-2;;;;;/h2*3-9,11,17,19-20,24-25,27H,2,10,12-16H2,1H3;1,3H2,2H3;1H3;2*1H;;/q4*-1;;;;. The Morgan fingerprint density at radius 1 is 0.500 bits per heavy atom. The van der Waals surface area contributed by atoms with Gasteiger partial charge >= 0.3 is 30.2 Å². The van der Waals surface area contributed by atoms with E-state index in [0.29, 0.717) is 0 Å². The van der Waals surface area contributed by atoms with Gasteiger partial charge in [0, 0.05) is 0 Å². The predicted molar refractivity (Wildman–Crippen MR) is 279 cm³/mol. The van der Waals surface area contributed by atoms with Crippen molar-refractivity contribution in [1.29, 1.82) is 0 Å². The van der Waals surface area contributed by atoms with Crippen molar-refractivity contribution in [1.82, 2.24) is 0 Å². The third kappa shape index (κ3) is 10.9. The molecule has 0 heterocycles. The fourth-order valence-electron chi connectivity index (χ4n) is 14.5. The van der Waals surface area contributed by atoms with E-state index in [-0.39, 0.29) is 32.2 Å². The first-order valence-corrected chi connectivity index (χ1v) is 28.7. The van der Waals surface area contributed by atoms with Crippen LogP contribution in [0.2, 0.25) is 0 Å². The molecule has 340 valence electrons. The first-order valence-electron chi connectivity index (χ1n) is 24.5. The van der Waals surface area contributed by atoms with Crippen molar-refractivity contribution in [2.24, 2.45) is 59.2 Å². The molecular weight excluding hydrogens is 911 g/mol. The van der Waals surface area contributed by atoms with Crippen molar-refractivity contribution in [2.45, 2.75) is 117 Å². The number of hydrogen-bond acceptors (Lipinski definition) is 0. The average molecular weight is 985 g/mol. The van der Waals surface area contributed by atoms with Crippen LogP contribution in [0.15, 0.2) is 109 Å². The van der Waals surface area contributed by atoms with E-state index in [1.54, 1.807) is 24.0 Å². The Hall–Kier alpha value is -2.22. The molecule has 8 aliphatic rings. The topological polar surface area (TPSA) is 0 Å². The van der Waals surface area contributed by atoms with Crippen molar-refractivity contribution in [3.05, 3.63) is 146 Å². The van der Waals surface area contributed by atoms with Gasteiger partial charge in [-0.1, -0.05) is 92.6 Å². The van der Waals surface area contributed by atoms with Gasteiger partial charge in [-0.15, -0.1) is 93.9 Å². The summed E-state index contributed by atoms with van der Waals surface area (Å²) in [5.41, 5.74) is 11.5. The molecule has 8 aliphatic carbocycles. The third-order valence-electron chi connectivity index (χ3n) is 16.8. The van der Waals surface area contributed by atoms with Crippen molar-refractivity contribution in [3.8, 4) is 22.3 Å². The normalized spacial score (nSPS) is 27.4. The van der Waals surface area contributed by atoms with Gasteiger partial charge in [-0.2, -0.15) is 18.6 Å². The molecule has 14 rings (SSSR count). The molecule has 0 aliphatic heterocycles. The number of fused-ring (bicyclic) bond motifs is 2. The molecule has 0 N–H and O–H groups in total. The van der Waals surface area contributed by atoms with Crippen molar-refractivity contribution < 1.29 is 23.3 Å². The van der Waals surface area contributed by atoms with E-state index in [1.807, 2.05) is 6.92 Å². The summed E-state index contributed by atoms with van der Waals surface area (Å²) < 4.78 is 0. The Morgan fingerprint density at radius 3 is 1.11 bits per heavy atom. The number of rotatable bonds is 8. The Morgan fingerprint density at radius 2 is 0.812 bits per heavy atom. The average Bonchev–Trinajstić information content (AvgIpc) is 3.91. The summed E-state index contributed by atoms with van der Waals surface area (Å²) in [5, 5.41) is 5.75. The van der Waals surface area contributed by atoms with Crippen LogP contribution in [0.5, 0.6) is 0 Å². The van der Waals surface area contributed by atoms with Crippen LogP contribution in [-0.2, 0) is 49.0 Å². The Bertz CT molecular complexity index is 2150. The maximum absolute atomic E-state index is 3.49. The fourth-order valence-corrected chi connectivity index (χ4v) is 14.5. The summed E-state index contributed by atoms with van der Waals surface area (Å²) in [7, 11) is 0. The number of benzene rings is 4. The Kier molecular flexibility index (Phi) is 18.5. The number of aryl methyl sites for hydroxylation is 2. The van der Waals surface area contributed by atoms with Crippen molar-refractivity contribution in [2.75, 3.05) is 0 Å². The minimum atomic E-state index is 0. The van der Waals surface area contributed by atoms with E-state index in [1.165, 1.54) is 142 Å². The zero-order valence-electron chi connectivity index (χ0n) is 39.3. The molecular formula is C60H74Cl2SiZr-4. The minimum absolute atomic E-state index is 0. The van der Waals surface area contributed by atoms with Gasteiger partial charge < -0.3 is 14.4 Å². The van der Waals surface area contributed by atoms with Gasteiger partial charge in [0.05, 0.1) is 0 Å². The Labute approximate surface area is 417 Å². The molecule has 64 heavy (non-hydrogen) atoms. The molecule has 0 unspecified atom stereocenters. The van der Waals surface area contributed by atoms with E-state index < -0.39 is 0 Å². The third-order valence-corrected chi connectivity index (χ3v) is 16.8. The van der Waals surface area contributed by atoms with E-state index in [2.05, 4.69) is 137 Å². The van der Waals surface area contributed by atoms with Crippen molar-refractivity contribution in [3.63, 3.8) is 0 Å². The van der Waals surface area contributed by atoms with Gasteiger partial charge in [0.1, 0.15) is 0 Å². The van der Waals surface area contributed by atoms with E-state index in [4.69, 9.17) is 0 Å². The summed E-state index contributed by atoms with van der Waals surface area (Å²) in [6, 6.07) is 42.0. The summed E-state index contributed by atoms with van der Waals surface area (Å²) in [4.78, 5) is 0. The SMILES string of the molecule is CCc1ccc(-c2cccc3[cH-]c(CC4C5CC6CC(C5)CC4C6)cc23)cc1.CCc1ccc(-c2cccc3[cH-]c(CC4C5CC6CC(C5)CC4C6)cc23)cc1.Cl.Cl.[CH2-]CC.[CH3-].[Si]=[Zr]. The molecule has 8 bridgehead atoms. The first kappa shape index (κ1) is 51.2. The summed E-state index contributed by atoms with van der Waals surface area (Å²) in [6.45, 7) is 13.0. The maximum atomic E-state index is 3.49. The van der Waals surface area contributed by atoms with Gasteiger partial charge in [0.15, 0.2) is 0 Å². The molecule has 8 saturated carbocycles. The van der Waals surface area contributed by atoms with Gasteiger partial charge in [-0.3, -0.25) is 0 Å². The summed E-state index contributed by atoms with van der Waals surface area (Å²) >= 11 is 1.36. The van der Waals surface area contributed by atoms with Crippen LogP contribution in [0.25, 0.3) is 43.8 Å². The zero-order valence-corrected chi connectivity index (χ0v) is 44.4. The van der Waals surface area contributed by atoms with E-state index in [9.17, 15) is 0 Å². The van der Waals surface area contributed by atoms with Gasteiger partial charge in [0.2, 0.25) is 0 Å². The van der Waals surface area contributed by atoms with Crippen LogP contribution in [0.1, 0.15) is 114 Å². The molecule has 0 saturated heterocycles. The molecule has 0 atom stereocenters. The molecule has 0 nitrogen and oxygen atoms in total. The molecule has 0 amide bonds. The van der Waals surface area contributed by atoms with Crippen LogP contribution in [0, 0.1) is 73.5 Å². The Balaban J connectivity index is 0.000000186. The van der Waals surface area contributed by atoms with Gasteiger partial charge in [-0.05, 0) is 171 Å². The molecule has 0 spiro atoms. The van der Waals surface area contributed by atoms with Crippen LogP contribution in [0.4, 0.5) is 0 Å². The molecule has 6 aromatic rings. The van der Waals surface area contributed by atoms with Crippen LogP contribution < -0.4 is 0 Å². The van der Waals surface area contributed by atoms with Crippen LogP contribution in [0.3, 0.4) is 0 Å². The molecule has 0 aromatic heterocycles. The van der Waals surface area contributed by atoms with Gasteiger partial charge in [-0.25, -0.2) is 0 Å². The van der Waals surface area contributed by atoms with E-state index in [0.717, 1.165) is 78.4 Å². The van der Waals surface area contributed by atoms with Crippen molar-refractivity contribution >= 4 is 53.2 Å². The van der Waals surface area contributed by atoms with E-state index >= 15 is 0 Å². The second-order valence-electron chi connectivity index (χ2n) is 20.5. The molecule has 8 fully saturated rings. The molecule has 6 aromatic carbocycles. The zero-order chi connectivity index (χ0) is 42.0. The monoisotopic (exact) mass is 982 g/mol. The first-order chi connectivity index (χ1) is 29.9. The number of hydrogen-bond donors (Lipinski definition) is 0. The van der Waals surface area contributed by atoms with Crippen LogP contribution in [-0.4, -0.2) is 6.88 Å². The second-order valence-corrected chi connectivity index (χ2v) is 20.5. The number of halogens is 2. The summed E-state index contributed by atoms with van der Waals surface area (Å²) in [5.74, 6) is 10.3.